The molecule has 24 heavy (non-hydrogen) atoms. The number of carbonyl (C=O) groups is 1. The molecule has 0 bridgehead atoms. The second-order valence-electron chi connectivity index (χ2n) is 5.33. The smallest absolute Gasteiger partial charge is 0.235 e. The molecule has 2 N–H and O–H groups in total. The number of fused-ring (bicyclic) bond motifs is 1. The molecule has 3 rings (SSSR count). The Morgan fingerprint density at radius 3 is 2.75 bits per heavy atom. The van der Waals surface area contributed by atoms with Crippen LogP contribution in [0.4, 0.5) is 0 Å². The Balaban J connectivity index is 1.80. The molecule has 1 amide bonds. The summed E-state index contributed by atoms with van der Waals surface area (Å²) in [5.74, 6) is 0.345. The molecule has 0 radical (unpaired) electrons. The summed E-state index contributed by atoms with van der Waals surface area (Å²) >= 11 is 11.8. The number of H-pyrrole nitrogens is 1. The van der Waals surface area contributed by atoms with Crippen LogP contribution in [0.15, 0.2) is 48.7 Å². The van der Waals surface area contributed by atoms with Gasteiger partial charge in [-0.3, -0.25) is 4.79 Å². The number of halogens is 2. The van der Waals surface area contributed by atoms with E-state index in [-0.39, 0.29) is 11.8 Å². The first kappa shape index (κ1) is 16.7. The Hall–Kier alpha value is -2.17. The third-order valence-corrected chi connectivity index (χ3v) is 4.19. The SMILES string of the molecule is O=C(CCl)NCc1c[nH]c2cc(Cl)c(OCc3ccccc3)cc12. The van der Waals surface area contributed by atoms with Gasteiger partial charge in [-0.15, -0.1) is 11.6 Å². The molecule has 0 saturated heterocycles. The molecular weight excluding hydrogens is 347 g/mol. The topological polar surface area (TPSA) is 54.1 Å². The predicted molar refractivity (Wildman–Crippen MR) is 96.6 cm³/mol. The minimum atomic E-state index is -0.208. The van der Waals surface area contributed by atoms with Crippen LogP contribution in [0.25, 0.3) is 10.9 Å². The molecule has 124 valence electrons. The lowest BCUT2D eigenvalue weighted by molar-refractivity contribution is -0.118. The summed E-state index contributed by atoms with van der Waals surface area (Å²) in [6.07, 6.45) is 1.84. The molecule has 0 saturated carbocycles. The summed E-state index contributed by atoms with van der Waals surface area (Å²) < 4.78 is 5.85. The van der Waals surface area contributed by atoms with Crippen LogP contribution in [0, 0.1) is 0 Å². The molecule has 1 aromatic heterocycles. The number of alkyl halides is 1. The summed E-state index contributed by atoms with van der Waals surface area (Å²) in [5.41, 5.74) is 2.91. The molecule has 3 aromatic rings. The summed E-state index contributed by atoms with van der Waals surface area (Å²) in [5, 5.41) is 4.25. The van der Waals surface area contributed by atoms with Crippen LogP contribution >= 0.6 is 23.2 Å². The zero-order chi connectivity index (χ0) is 16.9. The van der Waals surface area contributed by atoms with Gasteiger partial charge in [-0.2, -0.15) is 0 Å². The summed E-state index contributed by atoms with van der Waals surface area (Å²) in [6, 6.07) is 13.6. The first-order valence-corrected chi connectivity index (χ1v) is 8.37. The average molecular weight is 363 g/mol. The Bertz CT molecular complexity index is 847. The van der Waals surface area contributed by atoms with Crippen LogP contribution in [0.1, 0.15) is 11.1 Å². The largest absolute Gasteiger partial charge is 0.487 e. The fraction of sp³-hybridized carbons (Fsp3) is 0.167. The van der Waals surface area contributed by atoms with E-state index in [9.17, 15) is 4.79 Å². The number of hydrogen-bond donors (Lipinski definition) is 2. The molecule has 0 atom stereocenters. The van der Waals surface area contributed by atoms with Gasteiger partial charge in [0, 0.05) is 23.6 Å². The molecule has 0 spiro atoms. The van der Waals surface area contributed by atoms with Crippen molar-refractivity contribution in [2.45, 2.75) is 13.2 Å². The Kier molecular flexibility index (Phi) is 5.28. The van der Waals surface area contributed by atoms with Gasteiger partial charge in [-0.05, 0) is 23.3 Å². The molecule has 0 fully saturated rings. The van der Waals surface area contributed by atoms with Crippen molar-refractivity contribution in [1.29, 1.82) is 0 Å². The van der Waals surface area contributed by atoms with Crippen molar-refractivity contribution in [3.05, 3.63) is 64.8 Å². The second-order valence-corrected chi connectivity index (χ2v) is 6.00. The standard InChI is InChI=1S/C18H16Cl2N2O2/c19-8-18(23)22-10-13-9-21-16-7-15(20)17(6-14(13)16)24-11-12-4-2-1-3-5-12/h1-7,9,21H,8,10-11H2,(H,22,23). The maximum atomic E-state index is 11.3. The predicted octanol–water partition coefficient (Wildman–Crippen LogP) is 4.26. The molecule has 0 aliphatic heterocycles. The van der Waals surface area contributed by atoms with Crippen molar-refractivity contribution < 1.29 is 9.53 Å². The van der Waals surface area contributed by atoms with E-state index in [4.69, 9.17) is 27.9 Å². The molecule has 2 aromatic carbocycles. The molecule has 6 heteroatoms. The highest BCUT2D eigenvalue weighted by atomic mass is 35.5. The van der Waals surface area contributed by atoms with Gasteiger partial charge in [-0.1, -0.05) is 41.9 Å². The lowest BCUT2D eigenvalue weighted by Crippen LogP contribution is -2.23. The summed E-state index contributed by atoms with van der Waals surface area (Å²) in [7, 11) is 0. The highest BCUT2D eigenvalue weighted by Crippen LogP contribution is 2.32. The highest BCUT2D eigenvalue weighted by molar-refractivity contribution is 6.32. The fourth-order valence-electron chi connectivity index (χ4n) is 2.41. The Morgan fingerprint density at radius 1 is 1.21 bits per heavy atom. The van der Waals surface area contributed by atoms with Gasteiger partial charge in [0.15, 0.2) is 0 Å². The van der Waals surface area contributed by atoms with Gasteiger partial charge in [0.2, 0.25) is 5.91 Å². The van der Waals surface area contributed by atoms with E-state index in [1.807, 2.05) is 48.7 Å². The number of amides is 1. The van der Waals surface area contributed by atoms with E-state index in [1.165, 1.54) is 0 Å². The van der Waals surface area contributed by atoms with Crippen LogP contribution in [0.5, 0.6) is 5.75 Å². The van der Waals surface area contributed by atoms with E-state index >= 15 is 0 Å². The first-order chi connectivity index (χ1) is 11.7. The number of hydrogen-bond acceptors (Lipinski definition) is 2. The Morgan fingerprint density at radius 2 is 2.00 bits per heavy atom. The van der Waals surface area contributed by atoms with Gasteiger partial charge in [0.05, 0.1) is 5.02 Å². The molecule has 0 unspecified atom stereocenters. The number of benzene rings is 2. The number of aromatic amines is 1. The highest BCUT2D eigenvalue weighted by Gasteiger charge is 2.10. The van der Waals surface area contributed by atoms with Crippen molar-refractivity contribution in [1.82, 2.24) is 10.3 Å². The van der Waals surface area contributed by atoms with Gasteiger partial charge in [0.1, 0.15) is 18.2 Å². The number of nitrogens with one attached hydrogen (secondary N) is 2. The van der Waals surface area contributed by atoms with Crippen LogP contribution < -0.4 is 10.1 Å². The van der Waals surface area contributed by atoms with Crippen molar-refractivity contribution in [3.63, 3.8) is 0 Å². The number of rotatable bonds is 6. The fourth-order valence-corrected chi connectivity index (χ4v) is 2.73. The quantitative estimate of drug-likeness (QED) is 0.643. The van der Waals surface area contributed by atoms with Crippen LogP contribution in [-0.2, 0) is 17.9 Å². The maximum absolute atomic E-state index is 11.3. The molecule has 4 nitrogen and oxygen atoms in total. The normalized spacial score (nSPS) is 10.8. The average Bonchev–Trinajstić information content (AvgIpc) is 3.00. The van der Waals surface area contributed by atoms with E-state index < -0.39 is 0 Å². The maximum Gasteiger partial charge on any atom is 0.235 e. The van der Waals surface area contributed by atoms with Gasteiger partial charge >= 0.3 is 0 Å². The van der Waals surface area contributed by atoms with E-state index in [0.29, 0.717) is 23.9 Å². The lowest BCUT2D eigenvalue weighted by Gasteiger charge is -2.09. The molecule has 1 heterocycles. The summed E-state index contributed by atoms with van der Waals surface area (Å²) in [4.78, 5) is 14.5. The van der Waals surface area contributed by atoms with E-state index in [0.717, 1.165) is 22.0 Å². The zero-order valence-corrected chi connectivity index (χ0v) is 14.3. The van der Waals surface area contributed by atoms with E-state index in [1.54, 1.807) is 0 Å². The molecule has 0 aliphatic carbocycles. The number of aromatic nitrogens is 1. The van der Waals surface area contributed by atoms with E-state index in [2.05, 4.69) is 10.3 Å². The minimum Gasteiger partial charge on any atom is -0.487 e. The number of ether oxygens (including phenoxy) is 1. The zero-order valence-electron chi connectivity index (χ0n) is 12.8. The molecular formula is C18H16Cl2N2O2. The first-order valence-electron chi connectivity index (χ1n) is 7.46. The van der Waals surface area contributed by atoms with Crippen molar-refractivity contribution in [2.24, 2.45) is 0 Å². The van der Waals surface area contributed by atoms with Crippen LogP contribution in [0.2, 0.25) is 5.02 Å². The third kappa shape index (κ3) is 3.83. The van der Waals surface area contributed by atoms with Crippen molar-refractivity contribution in [2.75, 3.05) is 5.88 Å². The van der Waals surface area contributed by atoms with Gasteiger partial charge in [0.25, 0.3) is 0 Å². The van der Waals surface area contributed by atoms with Crippen LogP contribution in [0.3, 0.4) is 0 Å². The Labute approximate surface area is 149 Å². The van der Waals surface area contributed by atoms with Gasteiger partial charge in [-0.25, -0.2) is 0 Å². The van der Waals surface area contributed by atoms with Gasteiger partial charge < -0.3 is 15.0 Å². The molecule has 0 aliphatic rings. The van der Waals surface area contributed by atoms with Crippen molar-refractivity contribution in [3.8, 4) is 5.75 Å². The lowest BCUT2D eigenvalue weighted by atomic mass is 10.1. The van der Waals surface area contributed by atoms with Crippen molar-refractivity contribution >= 4 is 40.0 Å². The second kappa shape index (κ2) is 7.60. The monoisotopic (exact) mass is 362 g/mol. The third-order valence-electron chi connectivity index (χ3n) is 3.65. The van der Waals surface area contributed by atoms with Crippen LogP contribution in [-0.4, -0.2) is 16.8 Å². The minimum absolute atomic E-state index is 0.0559. The summed E-state index contributed by atoms with van der Waals surface area (Å²) in [6.45, 7) is 0.833. The number of carbonyl (C=O) groups excluding carboxylic acids is 1.